The molecule has 1 aliphatic carbocycles. The van der Waals surface area contributed by atoms with E-state index in [1.807, 2.05) is 24.3 Å². The molecule has 1 saturated carbocycles. The number of hydrogen-bond donors (Lipinski definition) is 3. The minimum Gasteiger partial charge on any atom is -0.382 e. The molecule has 0 bridgehead atoms. The van der Waals surface area contributed by atoms with Crippen LogP contribution >= 0.6 is 24.0 Å². The van der Waals surface area contributed by atoms with Gasteiger partial charge in [-0.3, -0.25) is 4.79 Å². The van der Waals surface area contributed by atoms with Crippen LogP contribution in [0.5, 0.6) is 0 Å². The van der Waals surface area contributed by atoms with E-state index in [1.54, 1.807) is 0 Å². The first-order valence-electron chi connectivity index (χ1n) is 10.5. The smallest absolute Gasteiger partial charge is 0.221 e. The van der Waals surface area contributed by atoms with E-state index in [0.717, 1.165) is 49.9 Å². The molecule has 1 amide bonds. The molecule has 29 heavy (non-hydrogen) atoms. The van der Waals surface area contributed by atoms with Gasteiger partial charge in [0.1, 0.15) is 0 Å². The van der Waals surface area contributed by atoms with Gasteiger partial charge in [0.15, 0.2) is 5.96 Å². The number of anilines is 1. The van der Waals surface area contributed by atoms with E-state index >= 15 is 0 Å². The predicted molar refractivity (Wildman–Crippen MR) is 131 cm³/mol. The number of benzene rings is 1. The quantitative estimate of drug-likeness (QED) is 0.188. The highest BCUT2D eigenvalue weighted by Crippen LogP contribution is 2.40. The molecule has 0 heterocycles. The van der Waals surface area contributed by atoms with Crippen LogP contribution in [-0.4, -0.2) is 38.2 Å². The molecule has 0 unspecified atom stereocenters. The van der Waals surface area contributed by atoms with Crippen molar-refractivity contribution in [3.05, 3.63) is 29.8 Å². The van der Waals surface area contributed by atoms with Crippen LogP contribution in [0.2, 0.25) is 0 Å². The maximum Gasteiger partial charge on any atom is 0.221 e. The van der Waals surface area contributed by atoms with Crippen molar-refractivity contribution in [3.63, 3.8) is 0 Å². The van der Waals surface area contributed by atoms with Crippen molar-refractivity contribution in [2.45, 2.75) is 59.4 Å². The van der Waals surface area contributed by atoms with Crippen LogP contribution in [0.1, 0.15) is 58.4 Å². The van der Waals surface area contributed by atoms with Crippen molar-refractivity contribution in [2.24, 2.45) is 10.4 Å². The number of nitrogens with zero attached hydrogens (tertiary/aromatic N) is 1. The van der Waals surface area contributed by atoms with Gasteiger partial charge >= 0.3 is 0 Å². The molecule has 0 radical (unpaired) electrons. The Labute approximate surface area is 192 Å². The van der Waals surface area contributed by atoms with Crippen LogP contribution in [0.3, 0.4) is 0 Å². The van der Waals surface area contributed by atoms with E-state index in [2.05, 4.69) is 29.8 Å². The molecule has 7 heteroatoms. The number of nitrogens with one attached hydrogen (secondary N) is 3. The Bertz CT molecular complexity index is 645. The molecule has 0 aliphatic heterocycles. The van der Waals surface area contributed by atoms with Crippen molar-refractivity contribution < 1.29 is 9.53 Å². The number of halogens is 1. The first-order chi connectivity index (χ1) is 13.6. The van der Waals surface area contributed by atoms with Crippen molar-refractivity contribution in [3.8, 4) is 0 Å². The van der Waals surface area contributed by atoms with Crippen molar-refractivity contribution >= 4 is 41.5 Å². The number of aliphatic imine (C=N–C) groups is 1. The maximum absolute atomic E-state index is 11.2. The zero-order chi connectivity index (χ0) is 20.2. The van der Waals surface area contributed by atoms with Crippen LogP contribution in [-0.2, 0) is 16.1 Å². The van der Waals surface area contributed by atoms with Gasteiger partial charge in [-0.25, -0.2) is 4.99 Å². The topological polar surface area (TPSA) is 74.8 Å². The van der Waals surface area contributed by atoms with E-state index in [9.17, 15) is 4.79 Å². The molecule has 0 atom stereocenters. The Hall–Kier alpha value is -1.35. The summed E-state index contributed by atoms with van der Waals surface area (Å²) in [5, 5.41) is 9.73. The molecule has 1 fully saturated rings. The molecule has 1 aliphatic rings. The fraction of sp³-hybridized carbons (Fsp3) is 0.636. The highest BCUT2D eigenvalue weighted by atomic mass is 127. The van der Waals surface area contributed by atoms with E-state index in [-0.39, 0.29) is 29.9 Å². The van der Waals surface area contributed by atoms with Gasteiger partial charge in [0.2, 0.25) is 5.91 Å². The van der Waals surface area contributed by atoms with Gasteiger partial charge in [0, 0.05) is 38.9 Å². The third-order valence-electron chi connectivity index (χ3n) is 5.29. The number of amides is 1. The SMILES string of the molecule is CCNC(=NCc1cccc(NC(C)=O)c1)NCC1(CCOCC)CCCC1.I. The zero-order valence-corrected chi connectivity index (χ0v) is 20.4. The monoisotopic (exact) mass is 516 g/mol. The molecular weight excluding hydrogens is 479 g/mol. The second kappa shape index (κ2) is 13.8. The van der Waals surface area contributed by atoms with E-state index in [0.29, 0.717) is 12.0 Å². The van der Waals surface area contributed by atoms with Crippen molar-refractivity contribution in [1.82, 2.24) is 10.6 Å². The number of guanidine groups is 1. The summed E-state index contributed by atoms with van der Waals surface area (Å²) in [6.45, 7) is 9.58. The summed E-state index contributed by atoms with van der Waals surface area (Å²) in [4.78, 5) is 16.0. The van der Waals surface area contributed by atoms with E-state index < -0.39 is 0 Å². The van der Waals surface area contributed by atoms with Gasteiger partial charge in [-0.15, -0.1) is 24.0 Å². The summed E-state index contributed by atoms with van der Waals surface area (Å²) in [7, 11) is 0. The molecular formula is C22H37IN4O2. The summed E-state index contributed by atoms with van der Waals surface area (Å²) < 4.78 is 5.62. The number of carbonyl (C=O) groups excluding carboxylic acids is 1. The van der Waals surface area contributed by atoms with Crippen LogP contribution < -0.4 is 16.0 Å². The number of carbonyl (C=O) groups is 1. The highest BCUT2D eigenvalue weighted by molar-refractivity contribution is 14.0. The Morgan fingerprint density at radius 2 is 1.97 bits per heavy atom. The van der Waals surface area contributed by atoms with Gasteiger partial charge in [-0.05, 0) is 56.2 Å². The third-order valence-corrected chi connectivity index (χ3v) is 5.29. The average molecular weight is 516 g/mol. The highest BCUT2D eigenvalue weighted by Gasteiger charge is 2.33. The normalized spacial score (nSPS) is 15.5. The number of ether oxygens (including phenoxy) is 1. The molecule has 0 aromatic heterocycles. The van der Waals surface area contributed by atoms with Crippen molar-refractivity contribution in [2.75, 3.05) is 31.6 Å². The second-order valence-corrected chi connectivity index (χ2v) is 7.58. The molecule has 3 N–H and O–H groups in total. The second-order valence-electron chi connectivity index (χ2n) is 7.58. The lowest BCUT2D eigenvalue weighted by Crippen LogP contribution is -2.43. The molecule has 0 spiro atoms. The lowest BCUT2D eigenvalue weighted by molar-refractivity contribution is -0.114. The van der Waals surface area contributed by atoms with Gasteiger partial charge < -0.3 is 20.7 Å². The standard InChI is InChI=1S/C22H36N4O2.HI/c1-4-23-21(24-16-19-9-8-10-20(15-19)26-18(3)27)25-17-22(11-6-7-12-22)13-14-28-5-2;/h8-10,15H,4-7,11-14,16-17H2,1-3H3,(H,26,27)(H2,23,24,25);1H. The van der Waals surface area contributed by atoms with Gasteiger partial charge in [-0.1, -0.05) is 25.0 Å². The summed E-state index contributed by atoms with van der Waals surface area (Å²) in [5.74, 6) is 0.777. The fourth-order valence-corrected chi connectivity index (χ4v) is 3.81. The summed E-state index contributed by atoms with van der Waals surface area (Å²) in [5.41, 5.74) is 2.19. The van der Waals surface area contributed by atoms with Crippen LogP contribution in [0.4, 0.5) is 5.69 Å². The summed E-state index contributed by atoms with van der Waals surface area (Å²) in [6, 6.07) is 7.83. The molecule has 6 nitrogen and oxygen atoms in total. The number of hydrogen-bond acceptors (Lipinski definition) is 3. The predicted octanol–water partition coefficient (Wildman–Crippen LogP) is 4.31. The summed E-state index contributed by atoms with van der Waals surface area (Å²) in [6.07, 6.45) is 6.22. The van der Waals surface area contributed by atoms with Gasteiger partial charge in [0.25, 0.3) is 0 Å². The largest absolute Gasteiger partial charge is 0.382 e. The molecule has 1 aromatic rings. The molecule has 0 saturated heterocycles. The first kappa shape index (κ1) is 25.7. The van der Waals surface area contributed by atoms with E-state index in [1.165, 1.54) is 32.6 Å². The minimum atomic E-state index is -0.0652. The molecule has 2 rings (SSSR count). The first-order valence-corrected chi connectivity index (χ1v) is 10.5. The Morgan fingerprint density at radius 3 is 2.62 bits per heavy atom. The Kier molecular flexibility index (Phi) is 12.2. The molecule has 1 aromatic carbocycles. The third kappa shape index (κ3) is 9.33. The molecule has 164 valence electrons. The zero-order valence-electron chi connectivity index (χ0n) is 18.1. The van der Waals surface area contributed by atoms with Crippen LogP contribution in [0, 0.1) is 5.41 Å². The Morgan fingerprint density at radius 1 is 1.21 bits per heavy atom. The average Bonchev–Trinajstić information content (AvgIpc) is 3.13. The van der Waals surface area contributed by atoms with Crippen molar-refractivity contribution in [1.29, 1.82) is 0 Å². The fourth-order valence-electron chi connectivity index (χ4n) is 3.81. The number of rotatable bonds is 10. The van der Waals surface area contributed by atoms with Gasteiger partial charge in [-0.2, -0.15) is 0 Å². The maximum atomic E-state index is 11.2. The lowest BCUT2D eigenvalue weighted by Gasteiger charge is -2.30. The van der Waals surface area contributed by atoms with Crippen LogP contribution in [0.25, 0.3) is 0 Å². The van der Waals surface area contributed by atoms with Gasteiger partial charge in [0.05, 0.1) is 6.54 Å². The van der Waals surface area contributed by atoms with Crippen LogP contribution in [0.15, 0.2) is 29.3 Å². The van der Waals surface area contributed by atoms with E-state index in [4.69, 9.17) is 9.73 Å². The Balaban J connectivity index is 0.00000420. The summed E-state index contributed by atoms with van der Waals surface area (Å²) >= 11 is 0. The lowest BCUT2D eigenvalue weighted by atomic mass is 9.83. The minimum absolute atomic E-state index is 0.